The average Bonchev–Trinajstić information content (AvgIpc) is 2.36. The van der Waals surface area contributed by atoms with Crippen LogP contribution in [0.15, 0.2) is 40.4 Å². The molecule has 0 aliphatic heterocycles. The normalized spacial score (nSPS) is 10.4. The molecule has 0 aliphatic carbocycles. The number of anilines is 1. The van der Waals surface area contributed by atoms with Crippen molar-refractivity contribution in [2.45, 2.75) is 23.8 Å². The molecule has 2 rings (SSSR count). The Balaban J connectivity index is 2.36. The Morgan fingerprint density at radius 2 is 2.05 bits per heavy atom. The van der Waals surface area contributed by atoms with E-state index in [1.54, 1.807) is 0 Å². The zero-order chi connectivity index (χ0) is 14.0. The first-order chi connectivity index (χ1) is 8.97. The number of aromatic carboxylic acids is 1. The number of nitrogens with zero attached hydrogens (tertiary/aromatic N) is 1. The maximum Gasteiger partial charge on any atom is 0.337 e. The van der Waals surface area contributed by atoms with Gasteiger partial charge in [-0.05, 0) is 37.1 Å². The van der Waals surface area contributed by atoms with Gasteiger partial charge in [-0.2, -0.15) is 0 Å². The average molecular weight is 274 g/mol. The maximum absolute atomic E-state index is 11.0. The van der Waals surface area contributed by atoms with E-state index in [-0.39, 0.29) is 11.3 Å². The lowest BCUT2D eigenvalue weighted by Gasteiger charge is -2.07. The fourth-order valence-corrected chi connectivity index (χ4v) is 2.60. The Bertz CT molecular complexity index is 641. The van der Waals surface area contributed by atoms with Gasteiger partial charge in [-0.25, -0.2) is 9.78 Å². The fraction of sp³-hybridized carbons (Fsp3) is 0.143. The summed E-state index contributed by atoms with van der Waals surface area (Å²) >= 11 is 1.44. The lowest BCUT2D eigenvalue weighted by molar-refractivity contribution is 0.0697. The van der Waals surface area contributed by atoms with E-state index in [4.69, 9.17) is 10.8 Å². The summed E-state index contributed by atoms with van der Waals surface area (Å²) in [6.07, 6.45) is 1.39. The van der Waals surface area contributed by atoms with E-state index in [1.807, 2.05) is 26.0 Å². The minimum atomic E-state index is -1.04. The van der Waals surface area contributed by atoms with Crippen LogP contribution in [0.2, 0.25) is 0 Å². The highest BCUT2D eigenvalue weighted by molar-refractivity contribution is 7.99. The van der Waals surface area contributed by atoms with Crippen LogP contribution in [0.25, 0.3) is 0 Å². The molecular formula is C14H14N2O2S. The molecule has 19 heavy (non-hydrogen) atoms. The lowest BCUT2D eigenvalue weighted by atomic mass is 10.2. The number of carboxylic acid groups (broad SMARTS) is 1. The van der Waals surface area contributed by atoms with Crippen molar-refractivity contribution in [2.24, 2.45) is 0 Å². The van der Waals surface area contributed by atoms with Crippen LogP contribution in [0.3, 0.4) is 0 Å². The van der Waals surface area contributed by atoms with Gasteiger partial charge in [0, 0.05) is 4.90 Å². The van der Waals surface area contributed by atoms with Crippen LogP contribution >= 0.6 is 11.8 Å². The Morgan fingerprint density at radius 1 is 1.32 bits per heavy atom. The highest BCUT2D eigenvalue weighted by atomic mass is 32.2. The van der Waals surface area contributed by atoms with Crippen LogP contribution in [0.1, 0.15) is 21.5 Å². The van der Waals surface area contributed by atoms with Crippen LogP contribution in [0, 0.1) is 13.8 Å². The van der Waals surface area contributed by atoms with E-state index in [2.05, 4.69) is 11.1 Å². The second-order valence-electron chi connectivity index (χ2n) is 4.29. The molecule has 0 saturated carbocycles. The van der Waals surface area contributed by atoms with Crippen molar-refractivity contribution in [2.75, 3.05) is 5.73 Å². The third kappa shape index (κ3) is 3.06. The first-order valence-electron chi connectivity index (χ1n) is 5.71. The third-order valence-corrected chi connectivity index (χ3v) is 3.79. The molecule has 5 heteroatoms. The van der Waals surface area contributed by atoms with Gasteiger partial charge >= 0.3 is 5.97 Å². The minimum absolute atomic E-state index is 0.0859. The number of benzene rings is 1. The maximum atomic E-state index is 11.0. The second kappa shape index (κ2) is 5.32. The smallest absolute Gasteiger partial charge is 0.337 e. The molecule has 0 unspecified atom stereocenters. The summed E-state index contributed by atoms with van der Waals surface area (Å²) in [4.78, 5) is 16.3. The van der Waals surface area contributed by atoms with Gasteiger partial charge < -0.3 is 10.8 Å². The number of nitrogens with two attached hydrogens (primary N) is 1. The molecule has 1 heterocycles. The highest BCUT2D eigenvalue weighted by Crippen LogP contribution is 2.30. The molecule has 0 amide bonds. The number of carbonyl (C=O) groups is 1. The number of pyridine rings is 1. The zero-order valence-electron chi connectivity index (χ0n) is 10.7. The van der Waals surface area contributed by atoms with Crippen molar-refractivity contribution in [3.63, 3.8) is 0 Å². The van der Waals surface area contributed by atoms with Crippen molar-refractivity contribution in [3.8, 4) is 0 Å². The van der Waals surface area contributed by atoms with Gasteiger partial charge in [0.2, 0.25) is 0 Å². The summed E-state index contributed by atoms with van der Waals surface area (Å²) in [6, 6.07) is 7.63. The van der Waals surface area contributed by atoms with Gasteiger partial charge in [-0.3, -0.25) is 0 Å². The van der Waals surface area contributed by atoms with Crippen molar-refractivity contribution >= 4 is 23.4 Å². The molecule has 0 saturated heterocycles. The Labute approximate surface area is 115 Å². The van der Waals surface area contributed by atoms with Crippen molar-refractivity contribution in [3.05, 3.63) is 47.2 Å². The minimum Gasteiger partial charge on any atom is -0.478 e. The first-order valence-corrected chi connectivity index (χ1v) is 6.53. The number of carboxylic acids is 1. The molecule has 1 aromatic heterocycles. The number of hydrogen-bond donors (Lipinski definition) is 2. The molecule has 0 fully saturated rings. The third-order valence-electron chi connectivity index (χ3n) is 2.70. The van der Waals surface area contributed by atoms with E-state index >= 15 is 0 Å². The summed E-state index contributed by atoms with van der Waals surface area (Å²) in [5, 5.41) is 9.66. The van der Waals surface area contributed by atoms with E-state index < -0.39 is 5.97 Å². The van der Waals surface area contributed by atoms with E-state index in [1.165, 1.54) is 24.0 Å². The van der Waals surface area contributed by atoms with E-state index in [9.17, 15) is 4.79 Å². The zero-order valence-corrected chi connectivity index (χ0v) is 11.5. The number of aromatic nitrogens is 1. The monoisotopic (exact) mass is 274 g/mol. The highest BCUT2D eigenvalue weighted by Gasteiger charge is 2.11. The van der Waals surface area contributed by atoms with Gasteiger partial charge in [0.1, 0.15) is 5.03 Å². The number of hydrogen-bond acceptors (Lipinski definition) is 4. The molecular weight excluding hydrogens is 260 g/mol. The van der Waals surface area contributed by atoms with Gasteiger partial charge in [-0.1, -0.05) is 23.9 Å². The SMILES string of the molecule is Cc1ccc(C)c(Sc2cc(C(=O)O)c(N)cn2)c1. The van der Waals surface area contributed by atoms with Crippen LogP contribution < -0.4 is 5.73 Å². The molecule has 98 valence electrons. The Hall–Kier alpha value is -2.01. The van der Waals surface area contributed by atoms with E-state index in [0.717, 1.165) is 16.0 Å². The summed E-state index contributed by atoms with van der Waals surface area (Å²) in [5.41, 5.74) is 8.13. The number of rotatable bonds is 3. The fourth-order valence-electron chi connectivity index (χ4n) is 1.62. The molecule has 2 aromatic rings. The van der Waals surface area contributed by atoms with Crippen molar-refractivity contribution in [1.82, 2.24) is 4.98 Å². The molecule has 4 nitrogen and oxygen atoms in total. The van der Waals surface area contributed by atoms with Gasteiger partial charge in [0.25, 0.3) is 0 Å². The van der Waals surface area contributed by atoms with Crippen molar-refractivity contribution < 1.29 is 9.90 Å². The summed E-state index contributed by atoms with van der Waals surface area (Å²) in [5.74, 6) is -1.04. The lowest BCUT2D eigenvalue weighted by Crippen LogP contribution is -2.03. The van der Waals surface area contributed by atoms with Crippen LogP contribution in [-0.4, -0.2) is 16.1 Å². The molecule has 0 radical (unpaired) electrons. The van der Waals surface area contributed by atoms with E-state index in [0.29, 0.717) is 5.03 Å². The van der Waals surface area contributed by atoms with Gasteiger partial charge in [-0.15, -0.1) is 0 Å². The molecule has 3 N–H and O–H groups in total. The quantitative estimate of drug-likeness (QED) is 0.899. The van der Waals surface area contributed by atoms with Crippen LogP contribution in [0.5, 0.6) is 0 Å². The molecule has 0 atom stereocenters. The predicted molar refractivity (Wildman–Crippen MR) is 75.6 cm³/mol. The molecule has 1 aromatic carbocycles. The number of nitrogen functional groups attached to an aromatic ring is 1. The van der Waals surface area contributed by atoms with Crippen LogP contribution in [-0.2, 0) is 0 Å². The Morgan fingerprint density at radius 3 is 2.74 bits per heavy atom. The van der Waals surface area contributed by atoms with Gasteiger partial charge in [0.15, 0.2) is 0 Å². The van der Waals surface area contributed by atoms with Crippen molar-refractivity contribution in [1.29, 1.82) is 0 Å². The van der Waals surface area contributed by atoms with Crippen LogP contribution in [0.4, 0.5) is 5.69 Å². The topological polar surface area (TPSA) is 76.2 Å². The molecule has 0 aliphatic rings. The molecule has 0 bridgehead atoms. The summed E-state index contributed by atoms with van der Waals surface area (Å²) < 4.78 is 0. The largest absolute Gasteiger partial charge is 0.478 e. The Kier molecular flexibility index (Phi) is 3.76. The molecule has 0 spiro atoms. The number of aryl methyl sites for hydroxylation is 2. The van der Waals surface area contributed by atoms with Gasteiger partial charge in [0.05, 0.1) is 17.4 Å². The standard InChI is InChI=1S/C14H14N2O2S/c1-8-3-4-9(2)12(5-8)19-13-6-10(14(17)18)11(15)7-16-13/h3-7H,15H2,1-2H3,(H,17,18). The summed E-state index contributed by atoms with van der Waals surface area (Å²) in [6.45, 7) is 4.03. The summed E-state index contributed by atoms with van der Waals surface area (Å²) in [7, 11) is 0. The second-order valence-corrected chi connectivity index (χ2v) is 5.35. The predicted octanol–water partition coefficient (Wildman–Crippen LogP) is 3.13. The first kappa shape index (κ1) is 13.4.